The average molecular weight is 416 g/mol. The number of carbonyl (C=O) groups excluding carboxylic acids is 1. The van der Waals surface area contributed by atoms with E-state index >= 15 is 0 Å². The van der Waals surface area contributed by atoms with Crippen LogP contribution in [0, 0.1) is 0 Å². The van der Waals surface area contributed by atoms with Gasteiger partial charge < -0.3 is 10.2 Å². The van der Waals surface area contributed by atoms with Crippen LogP contribution in [0.15, 0.2) is 29.2 Å². The number of carbonyl (C=O) groups is 1. The van der Waals surface area contributed by atoms with Crippen LogP contribution in [0.5, 0.6) is 0 Å². The van der Waals surface area contributed by atoms with Crippen molar-refractivity contribution in [3.05, 3.63) is 29.8 Å². The van der Waals surface area contributed by atoms with Gasteiger partial charge in [-0.25, -0.2) is 8.42 Å². The highest BCUT2D eigenvalue weighted by Gasteiger charge is 2.26. The number of aryl methyl sites for hydroxylation is 1. The van der Waals surface area contributed by atoms with Crippen molar-refractivity contribution in [3.8, 4) is 0 Å². The second-order valence-electron chi connectivity index (χ2n) is 7.25. The van der Waals surface area contributed by atoms with Gasteiger partial charge in [0.05, 0.1) is 4.90 Å². The topological polar surface area (TPSA) is 69.7 Å². The summed E-state index contributed by atoms with van der Waals surface area (Å²) in [5.74, 6) is 0.170. The van der Waals surface area contributed by atoms with Crippen LogP contribution in [0.25, 0.3) is 0 Å². The lowest BCUT2D eigenvalue weighted by atomic mass is 10.1. The van der Waals surface area contributed by atoms with E-state index in [2.05, 4.69) is 12.2 Å². The molecule has 2 aliphatic heterocycles. The zero-order chi connectivity index (χ0) is 18.6. The average Bonchev–Trinajstić information content (AvgIpc) is 2.67. The lowest BCUT2D eigenvalue weighted by Crippen LogP contribution is -2.52. The van der Waals surface area contributed by atoms with Crippen molar-refractivity contribution in [3.63, 3.8) is 0 Å². The molecule has 2 heterocycles. The minimum Gasteiger partial charge on any atom is -0.337 e. The fourth-order valence-corrected chi connectivity index (χ4v) is 5.21. The number of benzene rings is 1. The molecule has 1 atom stereocenters. The lowest BCUT2D eigenvalue weighted by Gasteiger charge is -2.34. The Morgan fingerprint density at radius 3 is 2.41 bits per heavy atom. The van der Waals surface area contributed by atoms with Crippen LogP contribution in [0.4, 0.5) is 0 Å². The Morgan fingerprint density at radius 2 is 1.78 bits per heavy atom. The molecule has 0 saturated carbocycles. The van der Waals surface area contributed by atoms with Crippen molar-refractivity contribution >= 4 is 28.3 Å². The molecule has 2 fully saturated rings. The van der Waals surface area contributed by atoms with Gasteiger partial charge in [0.25, 0.3) is 0 Å². The first-order chi connectivity index (χ1) is 12.5. The van der Waals surface area contributed by atoms with Crippen molar-refractivity contribution in [2.24, 2.45) is 0 Å². The molecular formula is C19H30ClN3O3S. The van der Waals surface area contributed by atoms with Crippen molar-refractivity contribution in [2.75, 3.05) is 32.7 Å². The normalized spacial score (nSPS) is 21.5. The molecule has 0 bridgehead atoms. The standard InChI is InChI=1S/C19H29N3O3S.ClH/c1-16-15-20-11-14-22(16)19(23)10-7-17-5-8-18(9-6-17)26(24,25)21-12-3-2-4-13-21;/h5-6,8-9,16,20H,2-4,7,10-15H2,1H3;1H. The summed E-state index contributed by atoms with van der Waals surface area (Å²) in [5, 5.41) is 3.29. The zero-order valence-electron chi connectivity index (χ0n) is 15.9. The molecule has 3 rings (SSSR count). The van der Waals surface area contributed by atoms with Crippen molar-refractivity contribution in [1.29, 1.82) is 0 Å². The quantitative estimate of drug-likeness (QED) is 0.798. The summed E-state index contributed by atoms with van der Waals surface area (Å²) in [7, 11) is -3.38. The smallest absolute Gasteiger partial charge is 0.243 e. The zero-order valence-corrected chi connectivity index (χ0v) is 17.5. The summed E-state index contributed by atoms with van der Waals surface area (Å²) in [6.07, 6.45) is 4.07. The van der Waals surface area contributed by atoms with Crippen LogP contribution in [-0.2, 0) is 21.2 Å². The van der Waals surface area contributed by atoms with Crippen LogP contribution in [0.1, 0.15) is 38.2 Å². The van der Waals surface area contributed by atoms with Gasteiger partial charge in [0.2, 0.25) is 15.9 Å². The number of amides is 1. The Balaban J connectivity index is 0.00000261. The number of hydrogen-bond acceptors (Lipinski definition) is 4. The van der Waals surface area contributed by atoms with Crippen molar-refractivity contribution in [1.82, 2.24) is 14.5 Å². The van der Waals surface area contributed by atoms with E-state index in [0.717, 1.165) is 44.5 Å². The molecular weight excluding hydrogens is 386 g/mol. The highest BCUT2D eigenvalue weighted by Crippen LogP contribution is 2.21. The van der Waals surface area contributed by atoms with E-state index in [1.807, 2.05) is 17.0 Å². The van der Waals surface area contributed by atoms with Gasteiger partial charge in [-0.15, -0.1) is 12.4 Å². The SMILES string of the molecule is CC1CNCCN1C(=O)CCc1ccc(S(=O)(=O)N2CCCCC2)cc1.Cl. The van der Waals surface area contributed by atoms with Gasteiger partial charge in [-0.1, -0.05) is 18.6 Å². The number of nitrogens with one attached hydrogen (secondary N) is 1. The third-order valence-corrected chi connectivity index (χ3v) is 7.24. The van der Waals surface area contributed by atoms with Gasteiger partial charge in [0.15, 0.2) is 0 Å². The Hall–Kier alpha value is -1.15. The monoisotopic (exact) mass is 415 g/mol. The molecule has 27 heavy (non-hydrogen) atoms. The molecule has 1 aromatic carbocycles. The molecule has 0 radical (unpaired) electrons. The summed E-state index contributed by atoms with van der Waals surface area (Å²) in [4.78, 5) is 14.7. The van der Waals surface area contributed by atoms with E-state index < -0.39 is 10.0 Å². The second kappa shape index (κ2) is 9.87. The fourth-order valence-electron chi connectivity index (χ4n) is 3.69. The molecule has 1 N–H and O–H groups in total. The molecule has 1 amide bonds. The predicted octanol–water partition coefficient (Wildman–Crippen LogP) is 2.04. The largest absolute Gasteiger partial charge is 0.337 e. The van der Waals surface area contributed by atoms with Gasteiger partial charge >= 0.3 is 0 Å². The second-order valence-corrected chi connectivity index (χ2v) is 9.19. The molecule has 1 unspecified atom stereocenters. The van der Waals surface area contributed by atoms with E-state index in [-0.39, 0.29) is 24.4 Å². The predicted molar refractivity (Wildman–Crippen MR) is 109 cm³/mol. The number of sulfonamides is 1. The van der Waals surface area contributed by atoms with Crippen molar-refractivity contribution in [2.45, 2.75) is 50.0 Å². The van der Waals surface area contributed by atoms with E-state index in [4.69, 9.17) is 0 Å². The first-order valence-electron chi connectivity index (χ1n) is 9.58. The Kier molecular flexibility index (Phi) is 8.09. The van der Waals surface area contributed by atoms with Crippen LogP contribution in [0.2, 0.25) is 0 Å². The van der Waals surface area contributed by atoms with Gasteiger partial charge in [-0.2, -0.15) is 4.31 Å². The minimum atomic E-state index is -3.38. The molecule has 0 aliphatic carbocycles. The summed E-state index contributed by atoms with van der Waals surface area (Å²) >= 11 is 0. The summed E-state index contributed by atoms with van der Waals surface area (Å²) in [6, 6.07) is 7.26. The maximum Gasteiger partial charge on any atom is 0.243 e. The first kappa shape index (κ1) is 22.1. The molecule has 2 saturated heterocycles. The van der Waals surface area contributed by atoms with Crippen LogP contribution >= 0.6 is 12.4 Å². The van der Waals surface area contributed by atoms with Crippen LogP contribution < -0.4 is 5.32 Å². The first-order valence-corrected chi connectivity index (χ1v) is 11.0. The van der Waals surface area contributed by atoms with Crippen LogP contribution in [-0.4, -0.2) is 62.3 Å². The van der Waals surface area contributed by atoms with Gasteiger partial charge in [-0.3, -0.25) is 4.79 Å². The maximum absolute atomic E-state index is 12.7. The van der Waals surface area contributed by atoms with Crippen LogP contribution in [0.3, 0.4) is 0 Å². The number of halogens is 1. The van der Waals surface area contributed by atoms with Gasteiger partial charge in [0, 0.05) is 45.2 Å². The third-order valence-electron chi connectivity index (χ3n) is 5.33. The lowest BCUT2D eigenvalue weighted by molar-refractivity contribution is -0.133. The molecule has 152 valence electrons. The Bertz CT molecular complexity index is 718. The molecule has 2 aliphatic rings. The fraction of sp³-hybridized carbons (Fsp3) is 0.632. The Morgan fingerprint density at radius 1 is 1.11 bits per heavy atom. The number of piperazine rings is 1. The molecule has 8 heteroatoms. The highest BCUT2D eigenvalue weighted by molar-refractivity contribution is 7.89. The molecule has 0 spiro atoms. The minimum absolute atomic E-state index is 0. The number of piperidine rings is 1. The number of nitrogens with zero attached hydrogens (tertiary/aromatic N) is 2. The number of rotatable bonds is 5. The van der Waals surface area contributed by atoms with E-state index in [0.29, 0.717) is 30.8 Å². The highest BCUT2D eigenvalue weighted by atomic mass is 35.5. The maximum atomic E-state index is 12.7. The molecule has 1 aromatic rings. The summed E-state index contributed by atoms with van der Waals surface area (Å²) in [5.41, 5.74) is 0.999. The van der Waals surface area contributed by atoms with Gasteiger partial charge in [-0.05, 0) is 43.9 Å². The number of hydrogen-bond donors (Lipinski definition) is 1. The third kappa shape index (κ3) is 5.44. The van der Waals surface area contributed by atoms with E-state index in [1.54, 1.807) is 16.4 Å². The summed E-state index contributed by atoms with van der Waals surface area (Å²) < 4.78 is 26.9. The summed E-state index contributed by atoms with van der Waals surface area (Å²) in [6.45, 7) is 5.73. The van der Waals surface area contributed by atoms with Crippen molar-refractivity contribution < 1.29 is 13.2 Å². The molecule has 0 aromatic heterocycles. The van der Waals surface area contributed by atoms with Gasteiger partial charge in [0.1, 0.15) is 0 Å². The van der Waals surface area contributed by atoms with E-state index in [9.17, 15) is 13.2 Å². The van der Waals surface area contributed by atoms with E-state index in [1.165, 1.54) is 0 Å². The molecule has 6 nitrogen and oxygen atoms in total. The Labute approximate surface area is 168 Å².